The molecular formula is C13H19N3. The molecule has 0 atom stereocenters. The third-order valence-corrected chi connectivity index (χ3v) is 4.11. The van der Waals surface area contributed by atoms with Crippen molar-refractivity contribution in [3.8, 4) is 0 Å². The topological polar surface area (TPSA) is 41.3 Å². The lowest BCUT2D eigenvalue weighted by Crippen LogP contribution is -2.43. The fourth-order valence-corrected chi connectivity index (χ4v) is 3.00. The van der Waals surface area contributed by atoms with Gasteiger partial charge in [0.25, 0.3) is 0 Å². The van der Waals surface area contributed by atoms with Gasteiger partial charge in [0.1, 0.15) is 0 Å². The lowest BCUT2D eigenvalue weighted by molar-refractivity contribution is 0.162. The highest BCUT2D eigenvalue weighted by atomic mass is 15.2. The molecule has 0 saturated heterocycles. The summed E-state index contributed by atoms with van der Waals surface area (Å²) < 4.78 is 0. The van der Waals surface area contributed by atoms with Crippen LogP contribution in [-0.2, 0) is 0 Å². The van der Waals surface area contributed by atoms with Gasteiger partial charge in [-0.05, 0) is 25.0 Å². The van der Waals surface area contributed by atoms with Gasteiger partial charge in [0.15, 0.2) is 0 Å². The van der Waals surface area contributed by atoms with E-state index in [1.54, 1.807) is 0 Å². The molecule has 0 amide bonds. The summed E-state index contributed by atoms with van der Waals surface area (Å²) >= 11 is 0. The zero-order valence-corrected chi connectivity index (χ0v) is 9.79. The Kier molecular flexibility index (Phi) is 2.03. The van der Waals surface area contributed by atoms with Gasteiger partial charge in [-0.25, -0.2) is 0 Å². The summed E-state index contributed by atoms with van der Waals surface area (Å²) in [6.07, 6.45) is 4.07. The number of hydrogen-bond donors (Lipinski definition) is 2. The minimum absolute atomic E-state index is 0.486. The maximum atomic E-state index is 6.03. The van der Waals surface area contributed by atoms with Crippen molar-refractivity contribution in [2.45, 2.75) is 19.3 Å². The molecule has 1 aromatic rings. The van der Waals surface area contributed by atoms with Gasteiger partial charge >= 0.3 is 0 Å². The molecule has 1 saturated carbocycles. The van der Waals surface area contributed by atoms with E-state index < -0.39 is 0 Å². The Morgan fingerprint density at radius 1 is 1.38 bits per heavy atom. The Bertz CT molecular complexity index is 410. The second-order valence-corrected chi connectivity index (χ2v) is 5.30. The van der Waals surface area contributed by atoms with E-state index in [2.05, 4.69) is 23.3 Å². The van der Waals surface area contributed by atoms with Crippen molar-refractivity contribution in [1.29, 1.82) is 0 Å². The quantitative estimate of drug-likeness (QED) is 0.655. The molecule has 16 heavy (non-hydrogen) atoms. The average molecular weight is 217 g/mol. The van der Waals surface area contributed by atoms with E-state index in [1.807, 2.05) is 12.1 Å². The van der Waals surface area contributed by atoms with Gasteiger partial charge in [0.2, 0.25) is 0 Å². The Balaban J connectivity index is 1.98. The van der Waals surface area contributed by atoms with Crippen molar-refractivity contribution in [2.75, 3.05) is 36.1 Å². The molecule has 3 heteroatoms. The molecule has 1 fully saturated rings. The number of hydrogen-bond acceptors (Lipinski definition) is 3. The first-order valence-electron chi connectivity index (χ1n) is 6.04. The molecule has 3 N–H and O–H groups in total. The summed E-state index contributed by atoms with van der Waals surface area (Å²) in [6, 6.07) is 6.15. The standard InChI is InChI=1S/C13H19N3/c1-16-9-13(6-3-7-13)8-15-12-10(14)4-2-5-11(12)16/h2,4-5,15H,3,6-9,14H2,1H3. The van der Waals surface area contributed by atoms with Gasteiger partial charge in [-0.3, -0.25) is 0 Å². The Morgan fingerprint density at radius 3 is 2.88 bits per heavy atom. The number of benzene rings is 1. The van der Waals surface area contributed by atoms with Gasteiger partial charge in [0.05, 0.1) is 17.1 Å². The van der Waals surface area contributed by atoms with Crippen molar-refractivity contribution >= 4 is 17.1 Å². The minimum Gasteiger partial charge on any atom is -0.397 e. The van der Waals surface area contributed by atoms with E-state index in [9.17, 15) is 0 Å². The molecule has 0 bridgehead atoms. The Morgan fingerprint density at radius 2 is 2.19 bits per heavy atom. The molecule has 2 aliphatic rings. The maximum absolute atomic E-state index is 6.03. The highest BCUT2D eigenvalue weighted by Crippen LogP contribution is 2.46. The van der Waals surface area contributed by atoms with Crippen LogP contribution in [0.1, 0.15) is 19.3 Å². The predicted molar refractivity (Wildman–Crippen MR) is 68.9 cm³/mol. The van der Waals surface area contributed by atoms with Crippen molar-refractivity contribution in [2.24, 2.45) is 5.41 Å². The smallest absolute Gasteiger partial charge is 0.0811 e. The molecule has 3 rings (SSSR count). The first kappa shape index (κ1) is 9.82. The van der Waals surface area contributed by atoms with Crippen LogP contribution in [0.2, 0.25) is 0 Å². The lowest BCUT2D eigenvalue weighted by atomic mass is 9.68. The predicted octanol–water partition coefficient (Wildman–Crippen LogP) is 2.30. The van der Waals surface area contributed by atoms with Gasteiger partial charge in [-0.2, -0.15) is 0 Å². The molecular weight excluding hydrogens is 198 g/mol. The van der Waals surface area contributed by atoms with E-state index in [0.717, 1.165) is 24.5 Å². The minimum atomic E-state index is 0.486. The monoisotopic (exact) mass is 217 g/mol. The maximum Gasteiger partial charge on any atom is 0.0811 e. The fraction of sp³-hybridized carbons (Fsp3) is 0.538. The highest BCUT2D eigenvalue weighted by Gasteiger charge is 2.39. The third kappa shape index (κ3) is 1.34. The number of fused-ring (bicyclic) bond motifs is 1. The zero-order chi connectivity index (χ0) is 11.2. The molecule has 0 unspecified atom stereocenters. The molecule has 0 aromatic heterocycles. The number of nitrogens with zero attached hydrogens (tertiary/aromatic N) is 1. The van der Waals surface area contributed by atoms with Crippen LogP contribution in [-0.4, -0.2) is 20.1 Å². The van der Waals surface area contributed by atoms with Crippen LogP contribution < -0.4 is 16.0 Å². The van der Waals surface area contributed by atoms with Crippen LogP contribution in [0.4, 0.5) is 17.1 Å². The second-order valence-electron chi connectivity index (χ2n) is 5.30. The van der Waals surface area contributed by atoms with Gasteiger partial charge in [-0.15, -0.1) is 0 Å². The molecule has 1 aliphatic carbocycles. The Labute approximate surface area is 96.6 Å². The molecule has 1 spiro atoms. The zero-order valence-electron chi connectivity index (χ0n) is 9.79. The van der Waals surface area contributed by atoms with E-state index in [1.165, 1.54) is 24.9 Å². The van der Waals surface area contributed by atoms with Crippen molar-refractivity contribution in [3.63, 3.8) is 0 Å². The largest absolute Gasteiger partial charge is 0.397 e. The van der Waals surface area contributed by atoms with Crippen molar-refractivity contribution in [3.05, 3.63) is 18.2 Å². The molecule has 0 radical (unpaired) electrons. The van der Waals surface area contributed by atoms with E-state index in [0.29, 0.717) is 5.41 Å². The lowest BCUT2D eigenvalue weighted by Gasteiger charge is -2.43. The molecule has 86 valence electrons. The van der Waals surface area contributed by atoms with Crippen LogP contribution in [0, 0.1) is 5.41 Å². The van der Waals surface area contributed by atoms with Crippen molar-refractivity contribution in [1.82, 2.24) is 0 Å². The van der Waals surface area contributed by atoms with Gasteiger partial charge in [0, 0.05) is 25.6 Å². The van der Waals surface area contributed by atoms with Crippen LogP contribution >= 0.6 is 0 Å². The fourth-order valence-electron chi connectivity index (χ4n) is 3.00. The molecule has 3 nitrogen and oxygen atoms in total. The number of nitrogens with two attached hydrogens (primary N) is 1. The van der Waals surface area contributed by atoms with Gasteiger partial charge < -0.3 is 16.0 Å². The summed E-state index contributed by atoms with van der Waals surface area (Å²) in [4.78, 5) is 2.35. The molecule has 1 aromatic carbocycles. The first-order chi connectivity index (χ1) is 7.70. The molecule has 1 aliphatic heterocycles. The SMILES string of the molecule is CN1CC2(CCC2)CNc2c(N)cccc21. The number of nitrogen functional groups attached to an aromatic ring is 1. The van der Waals surface area contributed by atoms with Crippen molar-refractivity contribution < 1.29 is 0 Å². The third-order valence-electron chi connectivity index (χ3n) is 4.11. The number of nitrogens with one attached hydrogen (secondary N) is 1. The summed E-state index contributed by atoms with van der Waals surface area (Å²) in [5.74, 6) is 0. The van der Waals surface area contributed by atoms with Crippen LogP contribution in [0.5, 0.6) is 0 Å². The highest BCUT2D eigenvalue weighted by molar-refractivity contribution is 5.82. The van der Waals surface area contributed by atoms with E-state index in [-0.39, 0.29) is 0 Å². The van der Waals surface area contributed by atoms with Crippen LogP contribution in [0.25, 0.3) is 0 Å². The normalized spacial score (nSPS) is 21.9. The second kappa shape index (κ2) is 3.30. The summed E-state index contributed by atoms with van der Waals surface area (Å²) in [5.41, 5.74) is 9.74. The van der Waals surface area contributed by atoms with Crippen LogP contribution in [0.15, 0.2) is 18.2 Å². The number of anilines is 3. The van der Waals surface area contributed by atoms with Gasteiger partial charge in [-0.1, -0.05) is 12.5 Å². The van der Waals surface area contributed by atoms with E-state index in [4.69, 9.17) is 5.73 Å². The average Bonchev–Trinajstić information content (AvgIpc) is 2.37. The summed E-state index contributed by atoms with van der Waals surface area (Å²) in [5, 5.41) is 3.55. The van der Waals surface area contributed by atoms with E-state index >= 15 is 0 Å². The Hall–Kier alpha value is -1.38. The molecule has 1 heterocycles. The van der Waals surface area contributed by atoms with Crippen LogP contribution in [0.3, 0.4) is 0 Å². The first-order valence-corrected chi connectivity index (χ1v) is 6.04. The summed E-state index contributed by atoms with van der Waals surface area (Å²) in [7, 11) is 2.17. The summed E-state index contributed by atoms with van der Waals surface area (Å²) in [6.45, 7) is 2.22. The number of para-hydroxylation sites is 1. The number of rotatable bonds is 0.